The van der Waals surface area contributed by atoms with Gasteiger partial charge in [-0.05, 0) is 40.8 Å². The van der Waals surface area contributed by atoms with Crippen LogP contribution in [0.2, 0.25) is 0 Å². The van der Waals surface area contributed by atoms with Gasteiger partial charge in [0.15, 0.2) is 0 Å². The molecule has 0 spiro atoms. The minimum absolute atomic E-state index is 0.0451. The molecule has 172 valence electrons. The van der Waals surface area contributed by atoms with Crippen molar-refractivity contribution in [2.24, 2.45) is 0 Å². The molecule has 0 aromatic heterocycles. The van der Waals surface area contributed by atoms with Gasteiger partial charge >= 0.3 is 12.1 Å². The Morgan fingerprint density at radius 1 is 1.09 bits per heavy atom. The first-order valence-electron chi connectivity index (χ1n) is 10.6. The lowest BCUT2D eigenvalue weighted by Crippen LogP contribution is -2.26. The summed E-state index contributed by atoms with van der Waals surface area (Å²) in [6, 6.07) is 18.8. The predicted molar refractivity (Wildman–Crippen MR) is 127 cm³/mol. The van der Waals surface area contributed by atoms with Crippen LogP contribution in [0.5, 0.6) is 0 Å². The van der Waals surface area contributed by atoms with Gasteiger partial charge in [0, 0.05) is 24.1 Å². The number of rotatable bonds is 7. The molecule has 1 aliphatic rings. The molecule has 8 heteroatoms. The molecule has 1 amide bonds. The zero-order chi connectivity index (χ0) is 24.2. The minimum atomic E-state index is -1.24. The van der Waals surface area contributed by atoms with Crippen LogP contribution in [0.15, 0.2) is 66.7 Å². The number of ether oxygens (including phenoxy) is 1. The number of nitro benzene ring substituents is 1. The average Bonchev–Trinajstić information content (AvgIpc) is 3.14. The van der Waals surface area contributed by atoms with Crippen molar-refractivity contribution in [3.05, 3.63) is 105 Å². The quantitative estimate of drug-likeness (QED) is 0.373. The van der Waals surface area contributed by atoms with Gasteiger partial charge in [-0.1, -0.05) is 60.7 Å². The summed E-state index contributed by atoms with van der Waals surface area (Å²) in [4.78, 5) is 34.2. The number of carboxylic acids is 1. The van der Waals surface area contributed by atoms with Gasteiger partial charge in [0.1, 0.15) is 6.61 Å². The Labute approximate surface area is 195 Å². The van der Waals surface area contributed by atoms with E-state index in [9.17, 15) is 24.8 Å². The third kappa shape index (κ3) is 4.52. The molecular formula is C26H22N2O6. The van der Waals surface area contributed by atoms with Gasteiger partial charge in [-0.2, -0.15) is 0 Å². The summed E-state index contributed by atoms with van der Waals surface area (Å²) < 4.78 is 5.46. The number of hydrogen-bond donors (Lipinski definition) is 2. The highest BCUT2D eigenvalue weighted by atomic mass is 16.6. The molecule has 0 atom stereocenters. The van der Waals surface area contributed by atoms with E-state index in [-0.39, 0.29) is 35.9 Å². The lowest BCUT2D eigenvalue weighted by atomic mass is 9.98. The number of carbonyl (C=O) groups is 2. The van der Waals surface area contributed by atoms with Gasteiger partial charge < -0.3 is 15.2 Å². The van der Waals surface area contributed by atoms with Crippen LogP contribution in [0.1, 0.15) is 38.5 Å². The highest BCUT2D eigenvalue weighted by Gasteiger charge is 2.28. The standard InChI is InChI=1S/C26H22N2O6/c1-16-22(25(29)30)13-17(14-24(16)28(32)33)7-6-12-27-26(31)34-15-23-20-10-4-2-8-18(20)19-9-3-5-11-21(19)23/h2-11,13-14,23H,12,15H2,1H3,(H,27,31)(H,29,30). The third-order valence-corrected chi connectivity index (χ3v) is 5.85. The van der Waals surface area contributed by atoms with Crippen molar-refractivity contribution in [2.45, 2.75) is 12.8 Å². The summed E-state index contributed by atoms with van der Waals surface area (Å²) in [6.07, 6.45) is 2.50. The van der Waals surface area contributed by atoms with Crippen molar-refractivity contribution in [1.82, 2.24) is 5.32 Å². The number of nitrogens with zero attached hydrogens (tertiary/aromatic N) is 1. The summed E-state index contributed by atoms with van der Waals surface area (Å²) >= 11 is 0. The van der Waals surface area contributed by atoms with E-state index in [1.807, 2.05) is 36.4 Å². The molecule has 8 nitrogen and oxygen atoms in total. The van der Waals surface area contributed by atoms with Crippen LogP contribution in [-0.4, -0.2) is 35.2 Å². The van der Waals surface area contributed by atoms with Gasteiger partial charge in [-0.15, -0.1) is 0 Å². The Bertz CT molecular complexity index is 1230. The monoisotopic (exact) mass is 458 g/mol. The molecule has 0 radical (unpaired) electrons. The lowest BCUT2D eigenvalue weighted by molar-refractivity contribution is -0.385. The predicted octanol–water partition coefficient (Wildman–Crippen LogP) is 5.15. The van der Waals surface area contributed by atoms with Crippen molar-refractivity contribution in [3.63, 3.8) is 0 Å². The van der Waals surface area contributed by atoms with Gasteiger partial charge in [0.2, 0.25) is 0 Å². The van der Waals surface area contributed by atoms with Crippen LogP contribution in [-0.2, 0) is 4.74 Å². The molecule has 0 saturated carbocycles. The number of fused-ring (bicyclic) bond motifs is 3. The third-order valence-electron chi connectivity index (χ3n) is 5.85. The highest BCUT2D eigenvalue weighted by Crippen LogP contribution is 2.44. The summed E-state index contributed by atoms with van der Waals surface area (Å²) in [6.45, 7) is 1.70. The van der Waals surface area contributed by atoms with Crippen LogP contribution >= 0.6 is 0 Å². The molecule has 34 heavy (non-hydrogen) atoms. The number of amides is 1. The van der Waals surface area contributed by atoms with E-state index in [0.717, 1.165) is 22.3 Å². The largest absolute Gasteiger partial charge is 0.478 e. The molecule has 0 heterocycles. The number of aromatic carboxylic acids is 1. The number of hydrogen-bond acceptors (Lipinski definition) is 5. The maximum atomic E-state index is 12.2. The number of alkyl carbamates (subject to hydrolysis) is 1. The molecule has 0 aliphatic heterocycles. The minimum Gasteiger partial charge on any atom is -0.478 e. The fourth-order valence-corrected chi connectivity index (χ4v) is 4.22. The average molecular weight is 458 g/mol. The van der Waals surface area contributed by atoms with Crippen molar-refractivity contribution in [3.8, 4) is 11.1 Å². The Morgan fingerprint density at radius 3 is 2.29 bits per heavy atom. The summed E-state index contributed by atoms with van der Waals surface area (Å²) in [7, 11) is 0. The molecule has 0 saturated heterocycles. The number of nitro groups is 1. The fraction of sp³-hybridized carbons (Fsp3) is 0.154. The Morgan fingerprint density at radius 2 is 1.71 bits per heavy atom. The molecule has 2 N–H and O–H groups in total. The summed E-state index contributed by atoms with van der Waals surface area (Å²) in [5.41, 5.74) is 4.54. The highest BCUT2D eigenvalue weighted by molar-refractivity contribution is 5.91. The molecule has 0 fully saturated rings. The second kappa shape index (κ2) is 9.58. The van der Waals surface area contributed by atoms with Crippen LogP contribution in [0.3, 0.4) is 0 Å². The first kappa shape index (κ1) is 22.7. The van der Waals surface area contributed by atoms with Crippen LogP contribution in [0.4, 0.5) is 10.5 Å². The van der Waals surface area contributed by atoms with Crippen LogP contribution in [0.25, 0.3) is 17.2 Å². The second-order valence-electron chi connectivity index (χ2n) is 7.88. The number of nitrogens with one attached hydrogen (secondary N) is 1. The fourth-order valence-electron chi connectivity index (χ4n) is 4.22. The Hall–Kier alpha value is -4.46. The van der Waals surface area contributed by atoms with Crippen molar-refractivity contribution >= 4 is 23.8 Å². The first-order chi connectivity index (χ1) is 16.4. The first-order valence-corrected chi connectivity index (χ1v) is 10.6. The lowest BCUT2D eigenvalue weighted by Gasteiger charge is -2.14. The van der Waals surface area contributed by atoms with Crippen LogP contribution < -0.4 is 5.32 Å². The number of carboxylic acid groups (broad SMARTS) is 1. The maximum absolute atomic E-state index is 12.2. The molecule has 0 unspecified atom stereocenters. The van der Waals surface area contributed by atoms with Gasteiger partial charge in [0.25, 0.3) is 5.69 Å². The van der Waals surface area contributed by atoms with Crippen molar-refractivity contribution < 1.29 is 24.4 Å². The Kier molecular flexibility index (Phi) is 6.40. The molecule has 4 rings (SSSR count). The van der Waals surface area contributed by atoms with E-state index in [0.29, 0.717) is 5.56 Å². The zero-order valence-electron chi connectivity index (χ0n) is 18.4. The number of benzene rings is 3. The van der Waals surface area contributed by atoms with Gasteiger partial charge in [-0.3, -0.25) is 10.1 Å². The smallest absolute Gasteiger partial charge is 0.407 e. The van der Waals surface area contributed by atoms with E-state index in [4.69, 9.17) is 4.74 Å². The topological polar surface area (TPSA) is 119 Å². The van der Waals surface area contributed by atoms with E-state index >= 15 is 0 Å². The Balaban J connectivity index is 1.37. The van der Waals surface area contributed by atoms with Crippen molar-refractivity contribution in [2.75, 3.05) is 13.2 Å². The van der Waals surface area contributed by atoms with Crippen LogP contribution in [0, 0.1) is 17.0 Å². The summed E-state index contributed by atoms with van der Waals surface area (Å²) in [5, 5.41) is 23.1. The molecule has 3 aromatic rings. The normalized spacial score (nSPS) is 12.3. The second-order valence-corrected chi connectivity index (χ2v) is 7.88. The summed E-state index contributed by atoms with van der Waals surface area (Å²) in [5.74, 6) is -1.29. The van der Waals surface area contributed by atoms with E-state index in [1.54, 1.807) is 6.08 Å². The maximum Gasteiger partial charge on any atom is 0.407 e. The molecule has 3 aromatic carbocycles. The molecular weight excluding hydrogens is 436 g/mol. The van der Waals surface area contributed by atoms with Gasteiger partial charge in [0.05, 0.1) is 10.5 Å². The number of carbonyl (C=O) groups excluding carboxylic acids is 1. The zero-order valence-corrected chi connectivity index (χ0v) is 18.4. The SMILES string of the molecule is Cc1c(C(=O)O)cc(C=CCNC(=O)OCC2c3ccccc3-c3ccccc32)cc1[N+](=O)[O-]. The van der Waals surface area contributed by atoms with E-state index < -0.39 is 17.0 Å². The molecule has 1 aliphatic carbocycles. The van der Waals surface area contributed by atoms with E-state index in [1.165, 1.54) is 25.1 Å². The molecule has 0 bridgehead atoms. The van der Waals surface area contributed by atoms with E-state index in [2.05, 4.69) is 17.4 Å². The van der Waals surface area contributed by atoms with Gasteiger partial charge in [-0.25, -0.2) is 9.59 Å². The van der Waals surface area contributed by atoms with Crippen molar-refractivity contribution in [1.29, 1.82) is 0 Å².